The van der Waals surface area contributed by atoms with Crippen LogP contribution in [0.2, 0.25) is 0 Å². The maximum Gasteiger partial charge on any atom is 0.161 e. The molecule has 1 aliphatic heterocycles. The number of Topliss-reactive ketones (excluding diaryl/α,β-unsaturated/α-hetero) is 1. The van der Waals surface area contributed by atoms with Crippen LogP contribution in [0.15, 0.2) is 18.2 Å². The maximum absolute atomic E-state index is 14.1. The highest BCUT2D eigenvalue weighted by Gasteiger charge is 2.26. The van der Waals surface area contributed by atoms with Crippen LogP contribution in [0.1, 0.15) is 37.0 Å². The van der Waals surface area contributed by atoms with Crippen LogP contribution in [-0.4, -0.2) is 43.4 Å². The summed E-state index contributed by atoms with van der Waals surface area (Å²) in [4.78, 5) is 16.0. The van der Waals surface area contributed by atoms with Crippen molar-refractivity contribution in [3.8, 4) is 0 Å². The Morgan fingerprint density at radius 3 is 2.90 bits per heavy atom. The van der Waals surface area contributed by atoms with Gasteiger partial charge in [-0.05, 0) is 45.0 Å². The van der Waals surface area contributed by atoms with Crippen molar-refractivity contribution >= 4 is 11.5 Å². The minimum Gasteiger partial charge on any atom is -0.370 e. The van der Waals surface area contributed by atoms with E-state index in [1.54, 1.807) is 12.1 Å². The summed E-state index contributed by atoms with van der Waals surface area (Å²) in [5.74, 6) is -0.411. The standard InChI is InChI=1S/C16H23FN2O/c1-4-19-10-6-7-13(19)11-18(3)16-14(12(2)20)8-5-9-15(16)17/h5,8-9,13H,4,6-7,10-11H2,1-3H3. The van der Waals surface area contributed by atoms with Gasteiger partial charge in [-0.15, -0.1) is 0 Å². The molecule has 1 saturated heterocycles. The molecule has 1 aliphatic rings. The van der Waals surface area contributed by atoms with Crippen molar-refractivity contribution in [1.29, 1.82) is 0 Å². The minimum atomic E-state index is -0.318. The summed E-state index contributed by atoms with van der Waals surface area (Å²) >= 11 is 0. The van der Waals surface area contributed by atoms with Crippen LogP contribution in [0.25, 0.3) is 0 Å². The summed E-state index contributed by atoms with van der Waals surface area (Å²) in [5, 5.41) is 0. The molecule has 110 valence electrons. The fourth-order valence-electron chi connectivity index (χ4n) is 3.11. The number of anilines is 1. The number of likely N-dealkylation sites (N-methyl/N-ethyl adjacent to an activating group) is 2. The average molecular weight is 278 g/mol. The van der Waals surface area contributed by atoms with E-state index in [2.05, 4.69) is 11.8 Å². The molecule has 0 amide bonds. The summed E-state index contributed by atoms with van der Waals surface area (Å²) in [6.45, 7) is 6.54. The number of hydrogen-bond donors (Lipinski definition) is 0. The lowest BCUT2D eigenvalue weighted by Gasteiger charge is -2.30. The number of benzene rings is 1. The molecule has 1 unspecified atom stereocenters. The monoisotopic (exact) mass is 278 g/mol. The molecule has 0 N–H and O–H groups in total. The second-order valence-electron chi connectivity index (χ2n) is 5.50. The summed E-state index contributed by atoms with van der Waals surface area (Å²) in [5.41, 5.74) is 0.900. The molecular formula is C16H23FN2O. The number of para-hydroxylation sites is 1. The van der Waals surface area contributed by atoms with Crippen molar-refractivity contribution in [2.24, 2.45) is 0 Å². The summed E-state index contributed by atoms with van der Waals surface area (Å²) in [7, 11) is 1.87. The number of carbonyl (C=O) groups excluding carboxylic acids is 1. The zero-order valence-electron chi connectivity index (χ0n) is 12.5. The third-order valence-electron chi connectivity index (χ3n) is 4.14. The first-order valence-electron chi connectivity index (χ1n) is 7.29. The van der Waals surface area contributed by atoms with E-state index < -0.39 is 0 Å². The van der Waals surface area contributed by atoms with E-state index >= 15 is 0 Å². The van der Waals surface area contributed by atoms with Gasteiger partial charge in [-0.2, -0.15) is 0 Å². The summed E-state index contributed by atoms with van der Waals surface area (Å²) < 4.78 is 14.1. The van der Waals surface area contributed by atoms with Gasteiger partial charge < -0.3 is 4.90 Å². The van der Waals surface area contributed by atoms with Gasteiger partial charge in [0.05, 0.1) is 5.69 Å². The maximum atomic E-state index is 14.1. The van der Waals surface area contributed by atoms with Gasteiger partial charge >= 0.3 is 0 Å². The number of nitrogens with zero attached hydrogens (tertiary/aromatic N) is 2. The van der Waals surface area contributed by atoms with Crippen LogP contribution in [0.4, 0.5) is 10.1 Å². The second kappa shape index (κ2) is 6.35. The smallest absolute Gasteiger partial charge is 0.161 e. The molecule has 1 atom stereocenters. The van der Waals surface area contributed by atoms with E-state index in [9.17, 15) is 9.18 Å². The zero-order valence-corrected chi connectivity index (χ0v) is 12.5. The van der Waals surface area contributed by atoms with Gasteiger partial charge in [-0.3, -0.25) is 9.69 Å². The number of halogens is 1. The zero-order chi connectivity index (χ0) is 14.7. The summed E-state index contributed by atoms with van der Waals surface area (Å²) in [6.07, 6.45) is 2.34. The lowest BCUT2D eigenvalue weighted by molar-refractivity contribution is 0.101. The molecule has 0 saturated carbocycles. The predicted molar refractivity (Wildman–Crippen MR) is 79.9 cm³/mol. The first kappa shape index (κ1) is 15.0. The van der Waals surface area contributed by atoms with Gasteiger partial charge in [0.2, 0.25) is 0 Å². The number of rotatable bonds is 5. The Balaban J connectivity index is 2.20. The molecule has 0 radical (unpaired) electrons. The fraction of sp³-hybridized carbons (Fsp3) is 0.562. The molecule has 0 aromatic heterocycles. The Bertz CT molecular complexity index is 489. The van der Waals surface area contributed by atoms with Gasteiger partial charge in [0.1, 0.15) is 5.82 Å². The summed E-state index contributed by atoms with van der Waals surface area (Å²) in [6, 6.07) is 5.16. The van der Waals surface area contributed by atoms with E-state index in [4.69, 9.17) is 0 Å². The highest BCUT2D eigenvalue weighted by atomic mass is 19.1. The molecule has 1 aromatic carbocycles. The third kappa shape index (κ3) is 3.01. The second-order valence-corrected chi connectivity index (χ2v) is 5.50. The first-order valence-corrected chi connectivity index (χ1v) is 7.29. The van der Waals surface area contributed by atoms with Gasteiger partial charge in [0.25, 0.3) is 0 Å². The Morgan fingerprint density at radius 1 is 1.50 bits per heavy atom. The van der Waals surface area contributed by atoms with E-state index in [-0.39, 0.29) is 11.6 Å². The molecule has 0 bridgehead atoms. The van der Waals surface area contributed by atoms with Crippen LogP contribution in [0.3, 0.4) is 0 Å². The van der Waals surface area contributed by atoms with Crippen LogP contribution in [0.5, 0.6) is 0 Å². The SMILES string of the molecule is CCN1CCCC1CN(C)c1c(F)cccc1C(C)=O. The topological polar surface area (TPSA) is 23.6 Å². The van der Waals surface area contributed by atoms with Crippen molar-refractivity contribution < 1.29 is 9.18 Å². The minimum absolute atomic E-state index is 0.0925. The van der Waals surface area contributed by atoms with Gasteiger partial charge in [0.15, 0.2) is 5.78 Å². The quantitative estimate of drug-likeness (QED) is 0.774. The van der Waals surface area contributed by atoms with Crippen LogP contribution in [0, 0.1) is 5.82 Å². The molecule has 1 aromatic rings. The largest absolute Gasteiger partial charge is 0.370 e. The molecular weight excluding hydrogens is 255 g/mol. The first-order chi connectivity index (χ1) is 9.54. The molecule has 1 heterocycles. The molecule has 1 fully saturated rings. The van der Waals surface area contributed by atoms with E-state index in [0.29, 0.717) is 17.3 Å². The van der Waals surface area contributed by atoms with Crippen molar-refractivity contribution in [3.63, 3.8) is 0 Å². The van der Waals surface area contributed by atoms with E-state index in [1.807, 2.05) is 11.9 Å². The van der Waals surface area contributed by atoms with Crippen molar-refractivity contribution in [3.05, 3.63) is 29.6 Å². The molecule has 0 spiro atoms. The van der Waals surface area contributed by atoms with E-state index in [0.717, 1.165) is 26.1 Å². The Kier molecular flexibility index (Phi) is 4.76. The number of hydrogen-bond acceptors (Lipinski definition) is 3. The number of ketones is 1. The Hall–Kier alpha value is -1.42. The molecule has 3 nitrogen and oxygen atoms in total. The Morgan fingerprint density at radius 2 is 2.25 bits per heavy atom. The van der Waals surface area contributed by atoms with Gasteiger partial charge in [0, 0.05) is 25.2 Å². The van der Waals surface area contributed by atoms with Crippen molar-refractivity contribution in [1.82, 2.24) is 4.90 Å². The molecule has 4 heteroatoms. The lowest BCUT2D eigenvalue weighted by Crippen LogP contribution is -2.39. The molecule has 20 heavy (non-hydrogen) atoms. The number of carbonyl (C=O) groups is 1. The van der Waals surface area contributed by atoms with Crippen LogP contribution >= 0.6 is 0 Å². The molecule has 0 aliphatic carbocycles. The van der Waals surface area contributed by atoms with Crippen LogP contribution < -0.4 is 4.90 Å². The van der Waals surface area contributed by atoms with Gasteiger partial charge in [-0.25, -0.2) is 4.39 Å². The van der Waals surface area contributed by atoms with Gasteiger partial charge in [-0.1, -0.05) is 13.0 Å². The average Bonchev–Trinajstić information content (AvgIpc) is 2.85. The highest BCUT2D eigenvalue weighted by Crippen LogP contribution is 2.26. The predicted octanol–water partition coefficient (Wildman–Crippen LogP) is 2.95. The van der Waals surface area contributed by atoms with Crippen LogP contribution in [-0.2, 0) is 0 Å². The number of likely N-dealkylation sites (tertiary alicyclic amines) is 1. The molecule has 2 rings (SSSR count). The van der Waals surface area contributed by atoms with Crippen molar-refractivity contribution in [2.75, 3.05) is 31.6 Å². The lowest BCUT2D eigenvalue weighted by atomic mass is 10.1. The fourth-order valence-corrected chi connectivity index (χ4v) is 3.11. The Labute approximate surface area is 120 Å². The van der Waals surface area contributed by atoms with E-state index in [1.165, 1.54) is 19.4 Å². The normalized spacial score (nSPS) is 19.3. The van der Waals surface area contributed by atoms with Crippen molar-refractivity contribution in [2.45, 2.75) is 32.7 Å². The third-order valence-corrected chi connectivity index (χ3v) is 4.14. The highest BCUT2D eigenvalue weighted by molar-refractivity contribution is 5.99.